The van der Waals surface area contributed by atoms with Gasteiger partial charge in [0.1, 0.15) is 12.2 Å². The first-order chi connectivity index (χ1) is 18.4. The summed E-state index contributed by atoms with van der Waals surface area (Å²) >= 11 is 0. The average molecular weight is 519 g/mol. The third-order valence-corrected chi connectivity index (χ3v) is 9.33. The van der Waals surface area contributed by atoms with E-state index in [0.29, 0.717) is 23.0 Å². The topological polar surface area (TPSA) is 52.6 Å². The Morgan fingerprint density at radius 1 is 0.605 bits per heavy atom. The van der Waals surface area contributed by atoms with Gasteiger partial charge in [0.05, 0.1) is 11.1 Å². The van der Waals surface area contributed by atoms with Crippen molar-refractivity contribution in [2.45, 2.75) is 116 Å². The van der Waals surface area contributed by atoms with Gasteiger partial charge in [-0.15, -0.1) is 0 Å². The highest BCUT2D eigenvalue weighted by Gasteiger charge is 2.25. The Hall–Kier alpha value is -2.62. The van der Waals surface area contributed by atoms with Gasteiger partial charge in [-0.3, -0.25) is 0 Å². The maximum atomic E-state index is 12.7. The molecule has 0 amide bonds. The lowest BCUT2D eigenvalue weighted by Gasteiger charge is -2.28. The van der Waals surface area contributed by atoms with E-state index >= 15 is 0 Å². The molecule has 206 valence electrons. The summed E-state index contributed by atoms with van der Waals surface area (Å²) in [4.78, 5) is 25.5. The number of carbonyl (C=O) groups is 2. The molecule has 2 aromatic rings. The van der Waals surface area contributed by atoms with Crippen LogP contribution >= 0.6 is 0 Å². The minimum Gasteiger partial charge on any atom is -0.455 e. The van der Waals surface area contributed by atoms with E-state index in [-0.39, 0.29) is 11.9 Å². The zero-order valence-corrected chi connectivity index (χ0v) is 23.8. The lowest BCUT2D eigenvalue weighted by atomic mass is 9.78. The van der Waals surface area contributed by atoms with Crippen molar-refractivity contribution < 1.29 is 19.1 Å². The lowest BCUT2D eigenvalue weighted by molar-refractivity contribution is -0.0239. The third kappa shape index (κ3) is 7.27. The third-order valence-electron chi connectivity index (χ3n) is 9.33. The lowest BCUT2D eigenvalue weighted by Crippen LogP contribution is -2.30. The highest BCUT2D eigenvalue weighted by molar-refractivity contribution is 5.90. The van der Waals surface area contributed by atoms with Gasteiger partial charge < -0.3 is 9.47 Å². The summed E-state index contributed by atoms with van der Waals surface area (Å²) in [6.45, 7) is 8.10. The van der Waals surface area contributed by atoms with Crippen LogP contribution < -0.4 is 0 Å². The van der Waals surface area contributed by atoms with Crippen molar-refractivity contribution in [2.24, 2.45) is 11.8 Å². The highest BCUT2D eigenvalue weighted by Crippen LogP contribution is 2.38. The monoisotopic (exact) mass is 518 g/mol. The second-order valence-corrected chi connectivity index (χ2v) is 11.7. The highest BCUT2D eigenvalue weighted by atomic mass is 16.6. The molecule has 0 saturated heterocycles. The first-order valence-corrected chi connectivity index (χ1v) is 15.0. The van der Waals surface area contributed by atoms with Crippen molar-refractivity contribution in [2.75, 3.05) is 0 Å². The van der Waals surface area contributed by atoms with Crippen molar-refractivity contribution >= 4 is 11.9 Å². The van der Waals surface area contributed by atoms with Gasteiger partial charge in [0.2, 0.25) is 0 Å². The van der Waals surface area contributed by atoms with Gasteiger partial charge in [-0.1, -0.05) is 51.0 Å². The molecule has 2 aromatic carbocycles. The minimum atomic E-state index is -0.552. The van der Waals surface area contributed by atoms with Crippen LogP contribution in [0.4, 0.5) is 0 Å². The Bertz CT molecular complexity index is 940. The van der Waals surface area contributed by atoms with Crippen LogP contribution in [0.15, 0.2) is 48.5 Å². The maximum Gasteiger partial charge on any atom is 0.338 e. The summed E-state index contributed by atoms with van der Waals surface area (Å²) in [6.07, 6.45) is 11.5. The maximum absolute atomic E-state index is 12.7. The molecule has 2 aliphatic carbocycles. The molecule has 0 radical (unpaired) electrons. The number of rotatable bonds is 9. The van der Waals surface area contributed by atoms with Crippen LogP contribution in [0.1, 0.15) is 136 Å². The van der Waals surface area contributed by atoms with Gasteiger partial charge in [-0.25, -0.2) is 9.59 Å². The molecule has 4 nitrogen and oxygen atoms in total. The van der Waals surface area contributed by atoms with E-state index in [9.17, 15) is 9.59 Å². The fourth-order valence-electron chi connectivity index (χ4n) is 6.26. The number of hydrogen-bond donors (Lipinski definition) is 0. The Labute approximate surface area is 229 Å². The van der Waals surface area contributed by atoms with E-state index in [1.54, 1.807) is 13.8 Å². The Kier molecular flexibility index (Phi) is 10.0. The predicted octanol–water partition coefficient (Wildman–Crippen LogP) is 8.85. The standard InChI is InChI=1S/C34H46O4/c1-5-25-7-11-27(12-8-25)29-15-19-31(20-16-29)33(35)37-23(3)24(4)38-34(36)32-21-17-30(18-22-32)28-13-9-26(6-2)10-14-28/h15-28H,5-14H2,1-4H3. The van der Waals surface area contributed by atoms with Crippen molar-refractivity contribution in [1.29, 1.82) is 0 Å². The Balaban J connectivity index is 1.25. The van der Waals surface area contributed by atoms with Crippen LogP contribution in [0.3, 0.4) is 0 Å². The summed E-state index contributed by atoms with van der Waals surface area (Å²) in [5.74, 6) is 2.14. The molecule has 0 aliphatic heterocycles. The number of carbonyl (C=O) groups excluding carboxylic acids is 2. The number of hydrogen-bond acceptors (Lipinski definition) is 4. The largest absolute Gasteiger partial charge is 0.455 e. The summed E-state index contributed by atoms with van der Waals surface area (Å²) in [7, 11) is 0. The van der Waals surface area contributed by atoms with Crippen molar-refractivity contribution in [1.82, 2.24) is 0 Å². The minimum absolute atomic E-state index is 0.385. The van der Waals surface area contributed by atoms with Gasteiger partial charge >= 0.3 is 11.9 Å². The first-order valence-electron chi connectivity index (χ1n) is 15.0. The average Bonchev–Trinajstić information content (AvgIpc) is 2.97. The molecule has 2 fully saturated rings. The van der Waals surface area contributed by atoms with E-state index in [1.165, 1.54) is 75.3 Å². The summed E-state index contributed by atoms with van der Waals surface area (Å²) in [5, 5.41) is 0. The van der Waals surface area contributed by atoms with Crippen molar-refractivity contribution in [3.05, 3.63) is 70.8 Å². The smallest absolute Gasteiger partial charge is 0.338 e. The van der Waals surface area contributed by atoms with Crippen molar-refractivity contribution in [3.8, 4) is 0 Å². The zero-order chi connectivity index (χ0) is 27.1. The molecule has 2 saturated carbocycles. The molecule has 2 unspecified atom stereocenters. The molecule has 4 heteroatoms. The molecule has 0 spiro atoms. The van der Waals surface area contributed by atoms with Crippen LogP contribution in [0.2, 0.25) is 0 Å². The molecule has 0 aromatic heterocycles. The molecule has 2 atom stereocenters. The fourth-order valence-corrected chi connectivity index (χ4v) is 6.26. The number of benzene rings is 2. The van der Waals surface area contributed by atoms with Crippen LogP contribution in [-0.4, -0.2) is 24.1 Å². The molecule has 2 aliphatic rings. The normalized spacial score (nSPS) is 25.3. The molecule has 0 N–H and O–H groups in total. The summed E-state index contributed by atoms with van der Waals surface area (Å²) < 4.78 is 11.3. The predicted molar refractivity (Wildman–Crippen MR) is 153 cm³/mol. The number of ether oxygens (including phenoxy) is 2. The molecule has 38 heavy (non-hydrogen) atoms. The van der Waals surface area contributed by atoms with Crippen LogP contribution in [0, 0.1) is 11.8 Å². The van der Waals surface area contributed by atoms with E-state index < -0.39 is 12.2 Å². The fraction of sp³-hybridized carbons (Fsp3) is 0.588. The van der Waals surface area contributed by atoms with E-state index in [2.05, 4.69) is 38.1 Å². The van der Waals surface area contributed by atoms with Gasteiger partial charge in [0.15, 0.2) is 0 Å². The molecular weight excluding hydrogens is 472 g/mol. The SMILES string of the molecule is CCC1CCC(c2ccc(C(=O)OC(C)C(C)OC(=O)c3ccc(C4CCC(CC)CC4)cc3)cc2)CC1. The van der Waals surface area contributed by atoms with Crippen LogP contribution in [0.25, 0.3) is 0 Å². The van der Waals surface area contributed by atoms with Gasteiger partial charge in [-0.2, -0.15) is 0 Å². The van der Waals surface area contributed by atoms with Gasteiger partial charge in [-0.05, 0) is 124 Å². The molecule has 0 bridgehead atoms. The second-order valence-electron chi connectivity index (χ2n) is 11.7. The molecular formula is C34H46O4. The van der Waals surface area contributed by atoms with Crippen LogP contribution in [-0.2, 0) is 9.47 Å². The van der Waals surface area contributed by atoms with E-state index in [1.807, 2.05) is 24.3 Å². The molecule has 4 rings (SSSR count). The summed E-state index contributed by atoms with van der Waals surface area (Å²) in [5.41, 5.74) is 3.69. The Morgan fingerprint density at radius 3 is 1.21 bits per heavy atom. The molecule has 0 heterocycles. The number of esters is 2. The quantitative estimate of drug-likeness (QED) is 0.311. The van der Waals surface area contributed by atoms with Crippen molar-refractivity contribution in [3.63, 3.8) is 0 Å². The zero-order valence-electron chi connectivity index (χ0n) is 23.8. The Morgan fingerprint density at radius 2 is 0.921 bits per heavy atom. The summed E-state index contributed by atoms with van der Waals surface area (Å²) in [6, 6.07) is 15.7. The van der Waals surface area contributed by atoms with Crippen LogP contribution in [0.5, 0.6) is 0 Å². The first kappa shape index (κ1) is 28.4. The van der Waals surface area contributed by atoms with E-state index in [4.69, 9.17) is 9.47 Å². The van der Waals surface area contributed by atoms with Gasteiger partial charge in [0, 0.05) is 0 Å². The van der Waals surface area contributed by atoms with E-state index in [0.717, 1.165) is 11.8 Å². The van der Waals surface area contributed by atoms with Gasteiger partial charge in [0.25, 0.3) is 0 Å². The second kappa shape index (κ2) is 13.4.